The van der Waals surface area contributed by atoms with Gasteiger partial charge in [0.25, 0.3) is 0 Å². The molecule has 0 saturated heterocycles. The molecule has 0 rings (SSSR count). The SMILES string of the molecule is C=CC(=O)N(C)CC(=C)C(C)C. The van der Waals surface area contributed by atoms with Gasteiger partial charge in [0.05, 0.1) is 0 Å². The van der Waals surface area contributed by atoms with Gasteiger partial charge in [-0.2, -0.15) is 0 Å². The molecule has 0 aromatic heterocycles. The van der Waals surface area contributed by atoms with Crippen molar-refractivity contribution in [2.24, 2.45) is 5.92 Å². The van der Waals surface area contributed by atoms with Crippen LogP contribution in [0.5, 0.6) is 0 Å². The van der Waals surface area contributed by atoms with E-state index in [0.717, 1.165) is 5.57 Å². The highest BCUT2D eigenvalue weighted by Gasteiger charge is 2.07. The molecule has 0 atom stereocenters. The van der Waals surface area contributed by atoms with Gasteiger partial charge in [-0.25, -0.2) is 0 Å². The van der Waals surface area contributed by atoms with Gasteiger partial charge < -0.3 is 4.90 Å². The second-order valence-electron chi connectivity index (χ2n) is 3.21. The Morgan fingerprint density at radius 1 is 1.58 bits per heavy atom. The summed E-state index contributed by atoms with van der Waals surface area (Å²) in [6.45, 7) is 12.0. The van der Waals surface area contributed by atoms with Crippen molar-refractivity contribution < 1.29 is 4.79 Å². The summed E-state index contributed by atoms with van der Waals surface area (Å²) in [4.78, 5) is 12.6. The van der Waals surface area contributed by atoms with Crippen LogP contribution in [0.4, 0.5) is 0 Å². The number of amides is 1. The fourth-order valence-corrected chi connectivity index (χ4v) is 0.721. The van der Waals surface area contributed by atoms with Crippen molar-refractivity contribution in [3.63, 3.8) is 0 Å². The maximum absolute atomic E-state index is 11.0. The Balaban J connectivity index is 4.00. The topological polar surface area (TPSA) is 20.3 Å². The minimum Gasteiger partial charge on any atom is -0.338 e. The van der Waals surface area contributed by atoms with Crippen molar-refractivity contribution in [3.05, 3.63) is 24.8 Å². The Kier molecular flexibility index (Phi) is 4.34. The second-order valence-corrected chi connectivity index (χ2v) is 3.21. The van der Waals surface area contributed by atoms with E-state index in [0.29, 0.717) is 12.5 Å². The summed E-state index contributed by atoms with van der Waals surface area (Å²) in [7, 11) is 1.75. The summed E-state index contributed by atoms with van der Waals surface area (Å²) < 4.78 is 0. The monoisotopic (exact) mass is 167 g/mol. The predicted molar refractivity (Wildman–Crippen MR) is 51.8 cm³/mol. The first-order valence-electron chi connectivity index (χ1n) is 4.04. The molecular weight excluding hydrogens is 150 g/mol. The van der Waals surface area contributed by atoms with E-state index in [9.17, 15) is 4.79 Å². The van der Waals surface area contributed by atoms with Crippen LogP contribution in [0.25, 0.3) is 0 Å². The quantitative estimate of drug-likeness (QED) is 0.462. The van der Waals surface area contributed by atoms with Gasteiger partial charge in [-0.1, -0.05) is 32.6 Å². The summed E-state index contributed by atoms with van der Waals surface area (Å²) in [6.07, 6.45) is 1.31. The molecule has 0 saturated carbocycles. The fourth-order valence-electron chi connectivity index (χ4n) is 0.721. The Morgan fingerprint density at radius 3 is 2.42 bits per heavy atom. The molecule has 0 aromatic carbocycles. The number of carbonyl (C=O) groups excluding carboxylic acids is 1. The molecule has 12 heavy (non-hydrogen) atoms. The predicted octanol–water partition coefficient (Wildman–Crippen LogP) is 1.84. The van der Waals surface area contributed by atoms with E-state index in [1.165, 1.54) is 6.08 Å². The lowest BCUT2D eigenvalue weighted by Gasteiger charge is -2.18. The summed E-state index contributed by atoms with van der Waals surface area (Å²) in [5.74, 6) is 0.363. The molecule has 0 spiro atoms. The second kappa shape index (κ2) is 4.75. The number of hydrogen-bond acceptors (Lipinski definition) is 1. The maximum Gasteiger partial charge on any atom is 0.245 e. The van der Waals surface area contributed by atoms with Gasteiger partial charge in [0.1, 0.15) is 0 Å². The highest BCUT2D eigenvalue weighted by atomic mass is 16.2. The standard InChI is InChI=1S/C10H17NO/c1-6-10(12)11(5)7-9(4)8(2)3/h6,8H,1,4,7H2,2-3,5H3. The van der Waals surface area contributed by atoms with Crippen LogP contribution in [0, 0.1) is 5.92 Å². The number of likely N-dealkylation sites (N-methyl/N-ethyl adjacent to an activating group) is 1. The lowest BCUT2D eigenvalue weighted by molar-refractivity contribution is -0.124. The van der Waals surface area contributed by atoms with Crippen molar-refractivity contribution in [3.8, 4) is 0 Å². The molecule has 0 N–H and O–H groups in total. The largest absolute Gasteiger partial charge is 0.338 e. The first-order valence-corrected chi connectivity index (χ1v) is 4.04. The Labute approximate surface area is 74.6 Å². The number of carbonyl (C=O) groups is 1. The minimum absolute atomic E-state index is 0.0585. The van der Waals surface area contributed by atoms with Crippen LogP contribution >= 0.6 is 0 Å². The summed E-state index contributed by atoms with van der Waals surface area (Å²) in [5, 5.41) is 0. The van der Waals surface area contributed by atoms with E-state index < -0.39 is 0 Å². The zero-order valence-corrected chi connectivity index (χ0v) is 8.13. The molecule has 0 heterocycles. The Morgan fingerprint density at radius 2 is 2.08 bits per heavy atom. The first kappa shape index (κ1) is 11.0. The lowest BCUT2D eigenvalue weighted by Crippen LogP contribution is -2.27. The van der Waals surface area contributed by atoms with Crippen molar-refractivity contribution in [2.75, 3.05) is 13.6 Å². The van der Waals surface area contributed by atoms with Crippen molar-refractivity contribution >= 4 is 5.91 Å². The molecule has 0 aliphatic carbocycles. The van der Waals surface area contributed by atoms with Gasteiger partial charge in [-0.05, 0) is 12.0 Å². The van der Waals surface area contributed by atoms with Crippen molar-refractivity contribution in [1.82, 2.24) is 4.90 Å². The van der Waals surface area contributed by atoms with E-state index in [4.69, 9.17) is 0 Å². The highest BCUT2D eigenvalue weighted by Crippen LogP contribution is 2.07. The first-order chi connectivity index (χ1) is 5.49. The summed E-state index contributed by atoms with van der Waals surface area (Å²) in [6, 6.07) is 0. The van der Waals surface area contributed by atoms with Gasteiger partial charge in [0.15, 0.2) is 0 Å². The van der Waals surface area contributed by atoms with Crippen LogP contribution in [-0.4, -0.2) is 24.4 Å². The third-order valence-electron chi connectivity index (χ3n) is 1.81. The third kappa shape index (κ3) is 3.37. The maximum atomic E-state index is 11.0. The molecule has 2 heteroatoms. The molecule has 0 aliphatic rings. The van der Waals surface area contributed by atoms with Crippen LogP contribution in [0.2, 0.25) is 0 Å². The van der Waals surface area contributed by atoms with Crippen LogP contribution in [0.3, 0.4) is 0 Å². The molecule has 0 bridgehead atoms. The van der Waals surface area contributed by atoms with E-state index in [1.807, 2.05) is 0 Å². The molecule has 2 nitrogen and oxygen atoms in total. The number of nitrogens with zero attached hydrogens (tertiary/aromatic N) is 1. The average Bonchev–Trinajstić information content (AvgIpc) is 2.02. The van der Waals surface area contributed by atoms with Gasteiger partial charge in [0, 0.05) is 13.6 Å². The molecule has 0 aliphatic heterocycles. The van der Waals surface area contributed by atoms with Gasteiger partial charge in [-0.15, -0.1) is 0 Å². The lowest BCUT2D eigenvalue weighted by atomic mass is 10.1. The van der Waals surface area contributed by atoms with Crippen molar-refractivity contribution in [2.45, 2.75) is 13.8 Å². The molecular formula is C10H17NO. The highest BCUT2D eigenvalue weighted by molar-refractivity contribution is 5.86. The van der Waals surface area contributed by atoms with Crippen LogP contribution in [0.1, 0.15) is 13.8 Å². The van der Waals surface area contributed by atoms with E-state index in [2.05, 4.69) is 27.0 Å². The van der Waals surface area contributed by atoms with Gasteiger partial charge in [-0.3, -0.25) is 4.79 Å². The zero-order chi connectivity index (χ0) is 9.72. The summed E-state index contributed by atoms with van der Waals surface area (Å²) in [5.41, 5.74) is 1.06. The Bertz CT molecular complexity index is 194. The van der Waals surface area contributed by atoms with E-state index in [1.54, 1.807) is 11.9 Å². The smallest absolute Gasteiger partial charge is 0.245 e. The van der Waals surface area contributed by atoms with E-state index in [-0.39, 0.29) is 5.91 Å². The summed E-state index contributed by atoms with van der Waals surface area (Å²) >= 11 is 0. The molecule has 0 radical (unpaired) electrons. The van der Waals surface area contributed by atoms with Gasteiger partial charge in [0.2, 0.25) is 5.91 Å². The third-order valence-corrected chi connectivity index (χ3v) is 1.81. The minimum atomic E-state index is -0.0585. The van der Waals surface area contributed by atoms with Crippen molar-refractivity contribution in [1.29, 1.82) is 0 Å². The molecule has 0 aromatic rings. The number of hydrogen-bond donors (Lipinski definition) is 0. The van der Waals surface area contributed by atoms with Crippen LogP contribution in [-0.2, 0) is 4.79 Å². The molecule has 1 amide bonds. The molecule has 0 unspecified atom stereocenters. The van der Waals surface area contributed by atoms with Crippen LogP contribution in [0.15, 0.2) is 24.8 Å². The zero-order valence-electron chi connectivity index (χ0n) is 8.13. The molecule has 0 fully saturated rings. The van der Waals surface area contributed by atoms with E-state index >= 15 is 0 Å². The van der Waals surface area contributed by atoms with Crippen LogP contribution < -0.4 is 0 Å². The van der Waals surface area contributed by atoms with Gasteiger partial charge >= 0.3 is 0 Å². The number of rotatable bonds is 4. The normalized spacial score (nSPS) is 9.67. The average molecular weight is 167 g/mol. The Hall–Kier alpha value is -1.05. The fraction of sp³-hybridized carbons (Fsp3) is 0.500. The molecule has 68 valence electrons.